The van der Waals surface area contributed by atoms with Crippen LogP contribution in [-0.2, 0) is 0 Å². The molecule has 0 radical (unpaired) electrons. The van der Waals surface area contributed by atoms with E-state index in [0.29, 0.717) is 17.9 Å². The van der Waals surface area contributed by atoms with Crippen LogP contribution in [0.2, 0.25) is 0 Å². The highest BCUT2D eigenvalue weighted by Crippen LogP contribution is 2.47. The molecule has 0 fully saturated rings. The van der Waals surface area contributed by atoms with Crippen LogP contribution in [0.3, 0.4) is 0 Å². The van der Waals surface area contributed by atoms with Crippen molar-refractivity contribution in [2.24, 2.45) is 16.8 Å². The maximum absolute atomic E-state index is 4.86. The van der Waals surface area contributed by atoms with Crippen LogP contribution >= 0.6 is 0 Å². The third-order valence-electron chi connectivity index (χ3n) is 6.22. The van der Waals surface area contributed by atoms with Crippen LogP contribution in [0.25, 0.3) is 0 Å². The molecule has 2 heteroatoms. The Bertz CT molecular complexity index is 618. The van der Waals surface area contributed by atoms with Gasteiger partial charge >= 0.3 is 0 Å². The van der Waals surface area contributed by atoms with E-state index in [0.717, 1.165) is 13.1 Å². The van der Waals surface area contributed by atoms with Gasteiger partial charge in [0.15, 0.2) is 0 Å². The Balaban J connectivity index is 1.70. The van der Waals surface area contributed by atoms with E-state index in [4.69, 9.17) is 4.99 Å². The molecule has 0 bridgehead atoms. The van der Waals surface area contributed by atoms with Crippen LogP contribution < -0.4 is 0 Å². The summed E-state index contributed by atoms with van der Waals surface area (Å²) >= 11 is 0. The van der Waals surface area contributed by atoms with E-state index >= 15 is 0 Å². The van der Waals surface area contributed by atoms with Crippen molar-refractivity contribution in [3.05, 3.63) is 34.4 Å². The molecule has 2 aliphatic heterocycles. The summed E-state index contributed by atoms with van der Waals surface area (Å²) in [6, 6.07) is 0.534. The SMILES string of the molecule is C=C(C(C)C)C1CC2=C(CN1C)C1=C3C(=NCC3C2)CCC1. The first kappa shape index (κ1) is 14.4. The molecule has 4 aliphatic rings. The number of nitrogens with zero attached hydrogens (tertiary/aromatic N) is 2. The third kappa shape index (κ3) is 2.07. The summed E-state index contributed by atoms with van der Waals surface area (Å²) in [6.45, 7) is 11.1. The lowest BCUT2D eigenvalue weighted by atomic mass is 9.70. The topological polar surface area (TPSA) is 15.6 Å². The molecule has 118 valence electrons. The van der Waals surface area contributed by atoms with Crippen molar-refractivity contribution in [3.63, 3.8) is 0 Å². The van der Waals surface area contributed by atoms with Crippen LogP contribution in [-0.4, -0.2) is 36.8 Å². The van der Waals surface area contributed by atoms with Gasteiger partial charge in [-0.25, -0.2) is 0 Å². The summed E-state index contributed by atoms with van der Waals surface area (Å²) in [7, 11) is 2.28. The summed E-state index contributed by atoms with van der Waals surface area (Å²) in [4.78, 5) is 7.40. The highest BCUT2D eigenvalue weighted by atomic mass is 15.1. The molecule has 2 heterocycles. The van der Waals surface area contributed by atoms with Crippen molar-refractivity contribution in [2.75, 3.05) is 20.1 Å². The molecular formula is C20H28N2. The minimum Gasteiger partial charge on any atom is -0.295 e. The number of likely N-dealkylation sites (N-methyl/N-ethyl adjacent to an activating group) is 1. The summed E-state index contributed by atoms with van der Waals surface area (Å²) in [6.07, 6.45) is 6.27. The second-order valence-corrected chi connectivity index (χ2v) is 7.88. The molecule has 2 unspecified atom stereocenters. The Morgan fingerprint density at radius 1 is 1.23 bits per heavy atom. The Labute approximate surface area is 134 Å². The Morgan fingerprint density at radius 2 is 2.05 bits per heavy atom. The van der Waals surface area contributed by atoms with E-state index in [1.165, 1.54) is 43.4 Å². The maximum Gasteiger partial charge on any atom is 0.0465 e. The molecule has 2 nitrogen and oxygen atoms in total. The summed E-state index contributed by atoms with van der Waals surface area (Å²) in [5.74, 6) is 1.28. The highest BCUT2D eigenvalue weighted by Gasteiger charge is 2.39. The first-order chi connectivity index (χ1) is 10.6. The quantitative estimate of drug-likeness (QED) is 0.699. The maximum atomic E-state index is 4.86. The molecule has 0 saturated heterocycles. The van der Waals surface area contributed by atoms with Gasteiger partial charge in [-0.2, -0.15) is 0 Å². The van der Waals surface area contributed by atoms with E-state index in [9.17, 15) is 0 Å². The summed E-state index contributed by atoms with van der Waals surface area (Å²) in [5.41, 5.74) is 9.62. The van der Waals surface area contributed by atoms with Gasteiger partial charge in [-0.1, -0.05) is 31.6 Å². The highest BCUT2D eigenvalue weighted by molar-refractivity contribution is 6.04. The van der Waals surface area contributed by atoms with Crippen LogP contribution in [0.4, 0.5) is 0 Å². The predicted octanol–water partition coefficient (Wildman–Crippen LogP) is 4.15. The number of rotatable bonds is 2. The van der Waals surface area contributed by atoms with Crippen molar-refractivity contribution >= 4 is 5.71 Å². The Hall–Kier alpha value is -1.15. The van der Waals surface area contributed by atoms with Gasteiger partial charge in [0, 0.05) is 30.8 Å². The lowest BCUT2D eigenvalue weighted by Gasteiger charge is -2.42. The van der Waals surface area contributed by atoms with Crippen LogP contribution in [0, 0.1) is 11.8 Å². The van der Waals surface area contributed by atoms with Crippen molar-refractivity contribution in [1.82, 2.24) is 4.90 Å². The lowest BCUT2D eigenvalue weighted by molar-refractivity contribution is 0.258. The molecule has 0 saturated carbocycles. The van der Waals surface area contributed by atoms with Gasteiger partial charge in [0.2, 0.25) is 0 Å². The summed E-state index contributed by atoms with van der Waals surface area (Å²) in [5, 5.41) is 0. The van der Waals surface area contributed by atoms with Gasteiger partial charge in [-0.05, 0) is 61.8 Å². The number of hydrogen-bond donors (Lipinski definition) is 0. The summed E-state index contributed by atoms with van der Waals surface area (Å²) < 4.78 is 0. The zero-order valence-electron chi connectivity index (χ0n) is 14.3. The average Bonchev–Trinajstić information content (AvgIpc) is 2.91. The van der Waals surface area contributed by atoms with Crippen molar-refractivity contribution in [1.29, 1.82) is 0 Å². The monoisotopic (exact) mass is 296 g/mol. The fourth-order valence-electron chi connectivity index (χ4n) is 4.91. The molecule has 0 aromatic carbocycles. The average molecular weight is 296 g/mol. The first-order valence-corrected chi connectivity index (χ1v) is 8.93. The molecule has 0 amide bonds. The zero-order chi connectivity index (χ0) is 15.4. The minimum atomic E-state index is 0.534. The van der Waals surface area contributed by atoms with Crippen LogP contribution in [0.15, 0.2) is 39.4 Å². The fraction of sp³-hybridized carbons (Fsp3) is 0.650. The van der Waals surface area contributed by atoms with Gasteiger partial charge in [0.25, 0.3) is 0 Å². The molecular weight excluding hydrogens is 268 g/mol. The third-order valence-corrected chi connectivity index (χ3v) is 6.22. The minimum absolute atomic E-state index is 0.534. The van der Waals surface area contributed by atoms with Crippen molar-refractivity contribution in [2.45, 2.75) is 52.0 Å². The number of hydrogen-bond acceptors (Lipinski definition) is 2. The van der Waals surface area contributed by atoms with Gasteiger partial charge in [0.05, 0.1) is 0 Å². The molecule has 2 atom stereocenters. The lowest BCUT2D eigenvalue weighted by Crippen LogP contribution is -2.42. The van der Waals surface area contributed by atoms with E-state index < -0.39 is 0 Å². The molecule has 0 aromatic rings. The Kier molecular flexibility index (Phi) is 3.41. The van der Waals surface area contributed by atoms with E-state index in [1.54, 1.807) is 22.3 Å². The number of aliphatic imine (C=N–C) groups is 1. The van der Waals surface area contributed by atoms with Crippen LogP contribution in [0.5, 0.6) is 0 Å². The second-order valence-electron chi connectivity index (χ2n) is 7.88. The normalized spacial score (nSPS) is 31.4. The van der Waals surface area contributed by atoms with Crippen molar-refractivity contribution in [3.8, 4) is 0 Å². The Morgan fingerprint density at radius 3 is 2.82 bits per heavy atom. The smallest absolute Gasteiger partial charge is 0.0465 e. The predicted molar refractivity (Wildman–Crippen MR) is 93.3 cm³/mol. The molecule has 2 aliphatic carbocycles. The first-order valence-electron chi connectivity index (χ1n) is 8.93. The molecule has 22 heavy (non-hydrogen) atoms. The fourth-order valence-corrected chi connectivity index (χ4v) is 4.91. The van der Waals surface area contributed by atoms with Gasteiger partial charge in [-0.3, -0.25) is 9.89 Å². The largest absolute Gasteiger partial charge is 0.295 e. The standard InChI is InChI=1S/C20H28N2/c1-12(2)13(3)19-9-14-8-15-10-21-18-7-5-6-16(20(15)18)17(14)11-22(19)4/h12,15,19H,3,5-11H2,1-2,4H3. The second kappa shape index (κ2) is 5.19. The van der Waals surface area contributed by atoms with Gasteiger partial charge in [-0.15, -0.1) is 0 Å². The zero-order valence-corrected chi connectivity index (χ0v) is 14.3. The van der Waals surface area contributed by atoms with Gasteiger partial charge in [0.1, 0.15) is 0 Å². The van der Waals surface area contributed by atoms with Crippen molar-refractivity contribution < 1.29 is 0 Å². The van der Waals surface area contributed by atoms with E-state index in [2.05, 4.69) is 32.4 Å². The van der Waals surface area contributed by atoms with E-state index in [1.807, 2.05) is 0 Å². The molecule has 0 N–H and O–H groups in total. The van der Waals surface area contributed by atoms with E-state index in [-0.39, 0.29) is 0 Å². The number of fused-ring (bicyclic) bond motifs is 1. The molecule has 0 spiro atoms. The van der Waals surface area contributed by atoms with Gasteiger partial charge < -0.3 is 0 Å². The molecule has 0 aromatic heterocycles. The molecule has 4 rings (SSSR count). The van der Waals surface area contributed by atoms with Crippen LogP contribution in [0.1, 0.15) is 46.0 Å².